The van der Waals surface area contributed by atoms with Gasteiger partial charge >= 0.3 is 0 Å². The number of carbonyl (C=O) groups excluding carboxylic acids is 2. The quantitative estimate of drug-likeness (QED) is 0.775. The maximum atomic E-state index is 14.0. The van der Waals surface area contributed by atoms with Gasteiger partial charge in [0.2, 0.25) is 11.8 Å². The van der Waals surface area contributed by atoms with Crippen molar-refractivity contribution < 1.29 is 14.0 Å². The molecule has 5 nitrogen and oxygen atoms in total. The van der Waals surface area contributed by atoms with Crippen molar-refractivity contribution in [3.05, 3.63) is 59.4 Å². The number of rotatable bonds is 5. The van der Waals surface area contributed by atoms with Gasteiger partial charge in [0, 0.05) is 51.8 Å². The zero-order valence-corrected chi connectivity index (χ0v) is 17.3. The lowest BCUT2D eigenvalue weighted by atomic mass is 10.1. The molecule has 0 aliphatic carbocycles. The van der Waals surface area contributed by atoms with E-state index in [-0.39, 0.29) is 24.1 Å². The smallest absolute Gasteiger partial charge is 0.224 e. The summed E-state index contributed by atoms with van der Waals surface area (Å²) in [6, 6.07) is 12.7. The van der Waals surface area contributed by atoms with Gasteiger partial charge in [-0.2, -0.15) is 0 Å². The van der Waals surface area contributed by atoms with Gasteiger partial charge in [-0.05, 0) is 49.2 Å². The molecule has 2 aromatic carbocycles. The average Bonchev–Trinajstić information content (AvgIpc) is 2.67. The van der Waals surface area contributed by atoms with E-state index >= 15 is 0 Å². The summed E-state index contributed by atoms with van der Waals surface area (Å²) in [7, 11) is 0. The Morgan fingerprint density at radius 2 is 1.62 bits per heavy atom. The van der Waals surface area contributed by atoms with Gasteiger partial charge in [0.05, 0.1) is 5.69 Å². The average molecular weight is 397 g/mol. The number of hydrogen-bond acceptors (Lipinski definition) is 3. The summed E-state index contributed by atoms with van der Waals surface area (Å²) in [5.41, 5.74) is 3.58. The Morgan fingerprint density at radius 1 is 1.00 bits per heavy atom. The van der Waals surface area contributed by atoms with Crippen LogP contribution in [0.5, 0.6) is 0 Å². The molecule has 1 aliphatic heterocycles. The second-order valence-corrected chi connectivity index (χ2v) is 7.59. The number of piperazine rings is 1. The van der Waals surface area contributed by atoms with E-state index in [0.717, 1.165) is 16.8 Å². The Balaban J connectivity index is 1.57. The van der Waals surface area contributed by atoms with Crippen molar-refractivity contribution in [2.45, 2.75) is 27.2 Å². The van der Waals surface area contributed by atoms with Crippen LogP contribution in [0.4, 0.5) is 15.8 Å². The van der Waals surface area contributed by atoms with Gasteiger partial charge in [-0.3, -0.25) is 9.59 Å². The SMILES string of the molecule is CC(=O)N(CCC(=O)N1CCN(c2ccccc2F)CC1)c1cc(C)cc(C)c1. The minimum absolute atomic E-state index is 0.0220. The predicted octanol–water partition coefficient (Wildman–Crippen LogP) is 3.53. The molecule has 2 aromatic rings. The summed E-state index contributed by atoms with van der Waals surface area (Å²) < 4.78 is 14.0. The van der Waals surface area contributed by atoms with Crippen LogP contribution < -0.4 is 9.80 Å². The Morgan fingerprint density at radius 3 is 2.21 bits per heavy atom. The summed E-state index contributed by atoms with van der Waals surface area (Å²) in [6.45, 7) is 8.16. The van der Waals surface area contributed by atoms with Crippen molar-refractivity contribution >= 4 is 23.2 Å². The van der Waals surface area contributed by atoms with Gasteiger partial charge in [-0.1, -0.05) is 18.2 Å². The van der Waals surface area contributed by atoms with Crippen LogP contribution in [0.2, 0.25) is 0 Å². The number of anilines is 2. The highest BCUT2D eigenvalue weighted by molar-refractivity contribution is 5.92. The van der Waals surface area contributed by atoms with Crippen molar-refractivity contribution in [3.63, 3.8) is 0 Å². The zero-order chi connectivity index (χ0) is 21.0. The van der Waals surface area contributed by atoms with Crippen LogP contribution >= 0.6 is 0 Å². The van der Waals surface area contributed by atoms with Crippen molar-refractivity contribution in [2.75, 3.05) is 42.5 Å². The van der Waals surface area contributed by atoms with Crippen molar-refractivity contribution in [1.29, 1.82) is 0 Å². The van der Waals surface area contributed by atoms with Gasteiger partial charge < -0.3 is 14.7 Å². The highest BCUT2D eigenvalue weighted by atomic mass is 19.1. The van der Waals surface area contributed by atoms with E-state index in [1.54, 1.807) is 21.9 Å². The van der Waals surface area contributed by atoms with Crippen LogP contribution in [-0.2, 0) is 9.59 Å². The third-order valence-electron chi connectivity index (χ3n) is 5.27. The lowest BCUT2D eigenvalue weighted by molar-refractivity contribution is -0.131. The molecule has 0 N–H and O–H groups in total. The van der Waals surface area contributed by atoms with Crippen LogP contribution in [0.15, 0.2) is 42.5 Å². The van der Waals surface area contributed by atoms with Gasteiger partial charge in [0.1, 0.15) is 5.82 Å². The fourth-order valence-electron chi connectivity index (χ4n) is 3.85. The highest BCUT2D eigenvalue weighted by Gasteiger charge is 2.23. The summed E-state index contributed by atoms with van der Waals surface area (Å²) >= 11 is 0. The number of benzene rings is 2. The largest absolute Gasteiger partial charge is 0.366 e. The summed E-state index contributed by atoms with van der Waals surface area (Å²) in [5, 5.41) is 0. The lowest BCUT2D eigenvalue weighted by Gasteiger charge is -2.36. The number of halogens is 1. The van der Waals surface area contributed by atoms with Crippen molar-refractivity contribution in [2.24, 2.45) is 0 Å². The maximum Gasteiger partial charge on any atom is 0.224 e. The van der Waals surface area contributed by atoms with Gasteiger partial charge in [0.25, 0.3) is 0 Å². The van der Waals surface area contributed by atoms with E-state index in [0.29, 0.717) is 38.4 Å². The number of nitrogens with zero attached hydrogens (tertiary/aromatic N) is 3. The molecule has 1 saturated heterocycles. The second-order valence-electron chi connectivity index (χ2n) is 7.59. The zero-order valence-electron chi connectivity index (χ0n) is 17.3. The molecule has 1 heterocycles. The Kier molecular flexibility index (Phi) is 6.52. The van der Waals surface area contributed by atoms with Gasteiger partial charge in [0.15, 0.2) is 0 Å². The minimum Gasteiger partial charge on any atom is -0.366 e. The van der Waals surface area contributed by atoms with E-state index in [1.165, 1.54) is 13.0 Å². The van der Waals surface area contributed by atoms with Crippen LogP contribution in [0.1, 0.15) is 24.5 Å². The molecular formula is C23H28FN3O2. The maximum absolute atomic E-state index is 14.0. The highest BCUT2D eigenvalue weighted by Crippen LogP contribution is 2.21. The van der Waals surface area contributed by atoms with Gasteiger partial charge in [-0.25, -0.2) is 4.39 Å². The minimum atomic E-state index is -0.238. The molecule has 0 aromatic heterocycles. The Labute approximate surface area is 171 Å². The molecule has 1 aliphatic rings. The number of para-hydroxylation sites is 1. The second kappa shape index (κ2) is 9.07. The third-order valence-corrected chi connectivity index (χ3v) is 5.27. The lowest BCUT2D eigenvalue weighted by Crippen LogP contribution is -2.49. The third kappa shape index (κ3) is 5.13. The first-order valence-electron chi connectivity index (χ1n) is 9.99. The molecule has 0 unspecified atom stereocenters. The normalized spacial score (nSPS) is 14.1. The molecule has 0 saturated carbocycles. The standard InChI is InChI=1S/C23H28FN3O2/c1-17-14-18(2)16-20(15-17)27(19(3)28)9-8-23(29)26-12-10-25(11-13-26)22-7-5-4-6-21(22)24/h4-7,14-16H,8-13H2,1-3H3. The van der Waals surface area contributed by atoms with Gasteiger partial charge in [-0.15, -0.1) is 0 Å². The molecular weight excluding hydrogens is 369 g/mol. The predicted molar refractivity (Wildman–Crippen MR) is 114 cm³/mol. The molecule has 3 rings (SSSR count). The molecule has 0 spiro atoms. The topological polar surface area (TPSA) is 43.9 Å². The summed E-state index contributed by atoms with van der Waals surface area (Å²) in [4.78, 5) is 30.3. The van der Waals surface area contributed by atoms with E-state index in [9.17, 15) is 14.0 Å². The van der Waals surface area contributed by atoms with E-state index in [2.05, 4.69) is 6.07 Å². The van der Waals surface area contributed by atoms with Crippen LogP contribution in [0, 0.1) is 19.7 Å². The Bertz CT molecular complexity index is 871. The fraction of sp³-hybridized carbons (Fsp3) is 0.391. The summed E-state index contributed by atoms with van der Waals surface area (Å²) in [6.07, 6.45) is 0.270. The molecule has 2 amide bonds. The number of hydrogen-bond donors (Lipinski definition) is 0. The molecule has 6 heteroatoms. The molecule has 154 valence electrons. The summed E-state index contributed by atoms with van der Waals surface area (Å²) in [5.74, 6) is -0.293. The number of aryl methyl sites for hydroxylation is 2. The van der Waals surface area contributed by atoms with Crippen molar-refractivity contribution in [3.8, 4) is 0 Å². The van der Waals surface area contributed by atoms with E-state index in [4.69, 9.17) is 0 Å². The number of carbonyl (C=O) groups is 2. The molecule has 0 radical (unpaired) electrons. The monoisotopic (exact) mass is 397 g/mol. The van der Waals surface area contributed by atoms with Crippen molar-refractivity contribution in [1.82, 2.24) is 4.90 Å². The molecule has 0 bridgehead atoms. The first kappa shape index (κ1) is 20.8. The molecule has 0 atom stereocenters. The first-order valence-corrected chi connectivity index (χ1v) is 9.99. The van der Waals surface area contributed by atoms with E-state index < -0.39 is 0 Å². The first-order chi connectivity index (χ1) is 13.8. The van der Waals surface area contributed by atoms with Crippen LogP contribution in [-0.4, -0.2) is 49.4 Å². The van der Waals surface area contributed by atoms with Crippen LogP contribution in [0.25, 0.3) is 0 Å². The Hall–Kier alpha value is -2.89. The number of amides is 2. The fourth-order valence-corrected chi connectivity index (χ4v) is 3.85. The van der Waals surface area contributed by atoms with E-state index in [1.807, 2.05) is 36.9 Å². The molecule has 1 fully saturated rings. The van der Waals surface area contributed by atoms with Crippen LogP contribution in [0.3, 0.4) is 0 Å². The molecule has 29 heavy (non-hydrogen) atoms.